The predicted molar refractivity (Wildman–Crippen MR) is 46.9 cm³/mol. The Hall–Kier alpha value is -0.810. The van der Waals surface area contributed by atoms with E-state index in [1.54, 1.807) is 0 Å². The van der Waals surface area contributed by atoms with E-state index in [-0.39, 0.29) is 10.6 Å². The molecule has 0 unspecified atom stereocenters. The lowest BCUT2D eigenvalue weighted by Gasteiger charge is -2.09. The van der Waals surface area contributed by atoms with Crippen LogP contribution in [-0.2, 0) is 6.18 Å². The Labute approximate surface area is 87.4 Å². The maximum absolute atomic E-state index is 12.3. The maximum Gasteiger partial charge on any atom is 0.434 e. The molecule has 0 N–H and O–H groups in total. The third kappa shape index (κ3) is 2.36. The summed E-state index contributed by atoms with van der Waals surface area (Å²) in [5.74, 6) is 0. The Morgan fingerprint density at radius 1 is 1.43 bits per heavy atom. The van der Waals surface area contributed by atoms with Crippen molar-refractivity contribution in [1.29, 1.82) is 0 Å². The zero-order valence-corrected chi connectivity index (χ0v) is 8.08. The average Bonchev–Trinajstić information content (AvgIpc) is 2.01. The molecule has 1 rings (SSSR count). The van der Waals surface area contributed by atoms with Gasteiger partial charge in [-0.3, -0.25) is 0 Å². The van der Waals surface area contributed by atoms with Gasteiger partial charge in [0.25, 0.3) is 0 Å². The van der Waals surface area contributed by atoms with E-state index in [9.17, 15) is 13.2 Å². The summed E-state index contributed by atoms with van der Waals surface area (Å²) in [6.45, 7) is 3.17. The first kappa shape index (κ1) is 11.3. The number of hydrogen-bond donors (Lipinski definition) is 0. The van der Waals surface area contributed by atoms with Crippen LogP contribution < -0.4 is 0 Å². The van der Waals surface area contributed by atoms with Crippen molar-refractivity contribution in [2.24, 2.45) is 0 Å². The van der Waals surface area contributed by atoms with Gasteiger partial charge in [-0.15, -0.1) is 0 Å². The summed E-state index contributed by atoms with van der Waals surface area (Å²) in [7, 11) is 0. The fourth-order valence-corrected chi connectivity index (χ4v) is 1.05. The molecule has 0 radical (unpaired) electrons. The molecule has 14 heavy (non-hydrogen) atoms. The van der Waals surface area contributed by atoms with E-state index in [4.69, 9.17) is 23.2 Å². The molecular weight excluding hydrogens is 240 g/mol. The molecule has 1 heterocycles. The Kier molecular flexibility index (Phi) is 3.01. The normalized spacial score (nSPS) is 11.5. The monoisotopic (exact) mass is 242 g/mol. The van der Waals surface area contributed by atoms with E-state index < -0.39 is 17.2 Å². The molecule has 0 aliphatic heterocycles. The zero-order valence-electron chi connectivity index (χ0n) is 6.57. The number of rotatable bonds is 1. The number of nitrogens with zero attached hydrogens (tertiary/aromatic N) is 2. The van der Waals surface area contributed by atoms with Gasteiger partial charge < -0.3 is 0 Å². The largest absolute Gasteiger partial charge is 0.434 e. The first-order chi connectivity index (χ1) is 6.32. The molecule has 0 amide bonds. The molecule has 1 aromatic rings. The molecular formula is C7H3Cl2F3N2. The second-order valence-electron chi connectivity index (χ2n) is 2.30. The fourth-order valence-electron chi connectivity index (χ4n) is 0.775. The summed E-state index contributed by atoms with van der Waals surface area (Å²) in [4.78, 5) is 6.43. The van der Waals surface area contributed by atoms with Crippen LogP contribution in [-0.4, -0.2) is 9.97 Å². The highest BCUT2D eigenvalue weighted by molar-refractivity contribution is 6.48. The SMILES string of the molecule is C=C(Cl)c1cnc(Cl)nc1C(F)(F)F. The van der Waals surface area contributed by atoms with Gasteiger partial charge in [0.05, 0.1) is 0 Å². The molecule has 0 fully saturated rings. The third-order valence-corrected chi connectivity index (χ3v) is 1.71. The summed E-state index contributed by atoms with van der Waals surface area (Å²) in [6.07, 6.45) is -3.74. The van der Waals surface area contributed by atoms with Crippen LogP contribution in [0.3, 0.4) is 0 Å². The summed E-state index contributed by atoms with van der Waals surface area (Å²) in [6, 6.07) is 0. The Morgan fingerprint density at radius 3 is 2.43 bits per heavy atom. The van der Waals surface area contributed by atoms with Crippen molar-refractivity contribution in [3.8, 4) is 0 Å². The van der Waals surface area contributed by atoms with Crippen LogP contribution in [0.5, 0.6) is 0 Å². The van der Waals surface area contributed by atoms with Gasteiger partial charge in [-0.1, -0.05) is 18.2 Å². The molecule has 7 heteroatoms. The molecule has 0 atom stereocenters. The van der Waals surface area contributed by atoms with Crippen LogP contribution in [0.4, 0.5) is 13.2 Å². The Balaban J connectivity index is 3.38. The van der Waals surface area contributed by atoms with Crippen molar-refractivity contribution in [3.63, 3.8) is 0 Å². The van der Waals surface area contributed by atoms with Crippen LogP contribution in [0.25, 0.3) is 5.03 Å². The highest BCUT2D eigenvalue weighted by atomic mass is 35.5. The molecule has 1 aromatic heterocycles. The van der Waals surface area contributed by atoms with Crippen LogP contribution in [0.1, 0.15) is 11.3 Å². The molecule has 0 saturated carbocycles. The van der Waals surface area contributed by atoms with Crippen LogP contribution in [0.2, 0.25) is 5.28 Å². The lowest BCUT2D eigenvalue weighted by molar-refractivity contribution is -0.141. The van der Waals surface area contributed by atoms with Gasteiger partial charge >= 0.3 is 6.18 Å². The minimum Gasteiger partial charge on any atom is -0.226 e. The molecule has 2 nitrogen and oxygen atoms in total. The fraction of sp³-hybridized carbons (Fsp3) is 0.143. The van der Waals surface area contributed by atoms with Gasteiger partial charge in [-0.05, 0) is 11.6 Å². The summed E-state index contributed by atoms with van der Waals surface area (Å²) < 4.78 is 37.0. The molecule has 0 aliphatic rings. The predicted octanol–water partition coefficient (Wildman–Crippen LogP) is 3.36. The van der Waals surface area contributed by atoms with Crippen LogP contribution in [0.15, 0.2) is 12.8 Å². The van der Waals surface area contributed by atoms with Gasteiger partial charge in [0, 0.05) is 16.8 Å². The minimum atomic E-state index is -4.63. The smallest absolute Gasteiger partial charge is 0.226 e. The van der Waals surface area contributed by atoms with Gasteiger partial charge in [-0.25, -0.2) is 9.97 Å². The zero-order chi connectivity index (χ0) is 10.9. The van der Waals surface area contributed by atoms with Crippen molar-refractivity contribution in [3.05, 3.63) is 29.3 Å². The van der Waals surface area contributed by atoms with E-state index in [2.05, 4.69) is 16.5 Å². The first-order valence-electron chi connectivity index (χ1n) is 3.27. The van der Waals surface area contributed by atoms with E-state index in [1.807, 2.05) is 0 Å². The summed E-state index contributed by atoms with van der Waals surface area (Å²) >= 11 is 10.6. The first-order valence-corrected chi connectivity index (χ1v) is 4.02. The summed E-state index contributed by atoms with van der Waals surface area (Å²) in [5, 5.41) is -0.770. The maximum atomic E-state index is 12.3. The van der Waals surface area contributed by atoms with Gasteiger partial charge in [0.1, 0.15) is 0 Å². The molecule has 0 bridgehead atoms. The molecule has 0 aromatic carbocycles. The Morgan fingerprint density at radius 2 is 2.00 bits per heavy atom. The van der Waals surface area contributed by atoms with Gasteiger partial charge in [0.15, 0.2) is 5.69 Å². The second kappa shape index (κ2) is 3.74. The van der Waals surface area contributed by atoms with E-state index in [0.29, 0.717) is 0 Å². The van der Waals surface area contributed by atoms with Crippen LogP contribution >= 0.6 is 23.2 Å². The third-order valence-electron chi connectivity index (χ3n) is 1.32. The number of aromatic nitrogens is 2. The lowest BCUT2D eigenvalue weighted by atomic mass is 10.2. The van der Waals surface area contributed by atoms with E-state index in [1.165, 1.54) is 0 Å². The number of hydrogen-bond acceptors (Lipinski definition) is 2. The minimum absolute atomic E-state index is 0.283. The highest BCUT2D eigenvalue weighted by Crippen LogP contribution is 2.34. The topological polar surface area (TPSA) is 25.8 Å². The van der Waals surface area contributed by atoms with Crippen LogP contribution in [0, 0.1) is 0 Å². The molecule has 0 spiro atoms. The summed E-state index contributed by atoms with van der Waals surface area (Å²) in [5.41, 5.74) is -1.55. The Bertz CT molecular complexity index is 376. The van der Waals surface area contributed by atoms with Crippen molar-refractivity contribution in [2.75, 3.05) is 0 Å². The van der Waals surface area contributed by atoms with Crippen molar-refractivity contribution < 1.29 is 13.2 Å². The van der Waals surface area contributed by atoms with Crippen molar-refractivity contribution in [2.45, 2.75) is 6.18 Å². The highest BCUT2D eigenvalue weighted by Gasteiger charge is 2.36. The van der Waals surface area contributed by atoms with Crippen molar-refractivity contribution >= 4 is 28.2 Å². The quantitative estimate of drug-likeness (QED) is 0.706. The van der Waals surface area contributed by atoms with Gasteiger partial charge in [0.2, 0.25) is 5.28 Å². The van der Waals surface area contributed by atoms with Crippen molar-refractivity contribution in [1.82, 2.24) is 9.97 Å². The lowest BCUT2D eigenvalue weighted by Crippen LogP contribution is -2.11. The second-order valence-corrected chi connectivity index (χ2v) is 3.10. The molecule has 76 valence electrons. The average molecular weight is 243 g/mol. The molecule has 0 aliphatic carbocycles. The van der Waals surface area contributed by atoms with E-state index in [0.717, 1.165) is 6.20 Å². The standard InChI is InChI=1S/C7H3Cl2F3N2/c1-3(8)4-2-13-6(9)14-5(4)7(10,11)12/h2H,1H2. The number of alkyl halides is 3. The molecule has 0 saturated heterocycles. The number of halogens is 5. The van der Waals surface area contributed by atoms with Gasteiger partial charge in [-0.2, -0.15) is 13.2 Å². The van der Waals surface area contributed by atoms with E-state index >= 15 is 0 Å².